The van der Waals surface area contributed by atoms with Gasteiger partial charge in [0, 0.05) is 11.5 Å². The van der Waals surface area contributed by atoms with E-state index in [1.165, 1.54) is 5.56 Å². The van der Waals surface area contributed by atoms with Crippen LogP contribution in [0.1, 0.15) is 26.3 Å². The molecule has 0 saturated carbocycles. The Morgan fingerprint density at radius 2 is 1.87 bits per heavy atom. The predicted molar refractivity (Wildman–Crippen MR) is 61.9 cm³/mol. The van der Waals surface area contributed by atoms with Crippen molar-refractivity contribution in [1.82, 2.24) is 5.32 Å². The topological polar surface area (TPSA) is 21.3 Å². The van der Waals surface area contributed by atoms with Gasteiger partial charge < -0.3 is 10.1 Å². The van der Waals surface area contributed by atoms with E-state index in [1.54, 1.807) is 0 Å². The Morgan fingerprint density at radius 1 is 1.20 bits per heavy atom. The van der Waals surface area contributed by atoms with Crippen molar-refractivity contribution in [1.29, 1.82) is 0 Å². The van der Waals surface area contributed by atoms with Crippen LogP contribution >= 0.6 is 0 Å². The van der Waals surface area contributed by atoms with Gasteiger partial charge in [-0.3, -0.25) is 0 Å². The molecule has 0 spiro atoms. The standard InChI is InChI=1S/C13H17NO/c1-9(2)13-14-12(10(3)15-13)11-7-5-4-6-8-11/h4-9,13-14H,1-3H3. The molecule has 1 heterocycles. The summed E-state index contributed by atoms with van der Waals surface area (Å²) in [7, 11) is 0. The normalized spacial score (nSPS) is 20.4. The molecule has 1 atom stereocenters. The van der Waals surface area contributed by atoms with E-state index >= 15 is 0 Å². The highest BCUT2D eigenvalue weighted by atomic mass is 16.5. The Balaban J connectivity index is 2.21. The molecular formula is C13H17NO. The number of allylic oxidation sites excluding steroid dienone is 1. The van der Waals surface area contributed by atoms with Crippen LogP contribution < -0.4 is 5.32 Å². The van der Waals surface area contributed by atoms with Gasteiger partial charge >= 0.3 is 0 Å². The maximum atomic E-state index is 5.76. The molecular weight excluding hydrogens is 186 g/mol. The lowest BCUT2D eigenvalue weighted by Crippen LogP contribution is -2.28. The molecule has 0 amide bonds. The van der Waals surface area contributed by atoms with Crippen LogP contribution in [0.5, 0.6) is 0 Å². The third kappa shape index (κ3) is 1.99. The molecule has 80 valence electrons. The lowest BCUT2D eigenvalue weighted by Gasteiger charge is -2.16. The summed E-state index contributed by atoms with van der Waals surface area (Å²) < 4.78 is 5.76. The van der Waals surface area contributed by atoms with Crippen LogP contribution in [0.25, 0.3) is 5.70 Å². The molecule has 1 aromatic carbocycles. The molecule has 0 bridgehead atoms. The molecule has 1 aliphatic heterocycles. The van der Waals surface area contributed by atoms with Crippen LogP contribution in [-0.2, 0) is 4.74 Å². The van der Waals surface area contributed by atoms with Crippen LogP contribution in [0, 0.1) is 5.92 Å². The van der Waals surface area contributed by atoms with Crippen molar-refractivity contribution in [2.24, 2.45) is 5.92 Å². The molecule has 15 heavy (non-hydrogen) atoms. The first-order valence-electron chi connectivity index (χ1n) is 5.38. The van der Waals surface area contributed by atoms with Crippen LogP contribution in [0.2, 0.25) is 0 Å². The quantitative estimate of drug-likeness (QED) is 0.797. The highest BCUT2D eigenvalue weighted by Crippen LogP contribution is 2.26. The van der Waals surface area contributed by atoms with Gasteiger partial charge in [0.2, 0.25) is 0 Å². The van der Waals surface area contributed by atoms with E-state index in [0.29, 0.717) is 5.92 Å². The third-order valence-corrected chi connectivity index (χ3v) is 2.61. The minimum atomic E-state index is 0.111. The van der Waals surface area contributed by atoms with Gasteiger partial charge in [0.1, 0.15) is 5.76 Å². The Bertz CT molecular complexity index is 367. The molecule has 0 aliphatic carbocycles. The van der Waals surface area contributed by atoms with Gasteiger partial charge in [0.05, 0.1) is 5.70 Å². The van der Waals surface area contributed by atoms with E-state index in [9.17, 15) is 0 Å². The lowest BCUT2D eigenvalue weighted by molar-refractivity contribution is 0.0878. The maximum absolute atomic E-state index is 5.76. The van der Waals surface area contributed by atoms with Crippen molar-refractivity contribution in [3.05, 3.63) is 41.7 Å². The average molecular weight is 203 g/mol. The Morgan fingerprint density at radius 3 is 2.40 bits per heavy atom. The van der Waals surface area contributed by atoms with Crippen molar-refractivity contribution in [3.8, 4) is 0 Å². The highest BCUT2D eigenvalue weighted by Gasteiger charge is 2.25. The SMILES string of the molecule is CC1=C(c2ccccc2)NC(C(C)C)O1. The number of ether oxygens (including phenoxy) is 1. The molecule has 0 aromatic heterocycles. The molecule has 2 heteroatoms. The molecule has 0 saturated heterocycles. The van der Waals surface area contributed by atoms with E-state index in [-0.39, 0.29) is 6.23 Å². The van der Waals surface area contributed by atoms with Crippen molar-refractivity contribution in [2.45, 2.75) is 27.0 Å². The van der Waals surface area contributed by atoms with Gasteiger partial charge in [-0.25, -0.2) is 0 Å². The number of rotatable bonds is 2. The summed E-state index contributed by atoms with van der Waals surface area (Å²) in [5.74, 6) is 1.46. The zero-order chi connectivity index (χ0) is 10.8. The smallest absolute Gasteiger partial charge is 0.171 e. The fourth-order valence-electron chi connectivity index (χ4n) is 1.72. The summed E-state index contributed by atoms with van der Waals surface area (Å²) in [6.45, 7) is 6.31. The summed E-state index contributed by atoms with van der Waals surface area (Å²) in [6, 6.07) is 10.3. The van der Waals surface area contributed by atoms with Crippen LogP contribution in [0.4, 0.5) is 0 Å². The Hall–Kier alpha value is -1.44. The summed E-state index contributed by atoms with van der Waals surface area (Å²) >= 11 is 0. The Kier molecular flexibility index (Phi) is 2.67. The third-order valence-electron chi connectivity index (χ3n) is 2.61. The van der Waals surface area contributed by atoms with E-state index < -0.39 is 0 Å². The first kappa shape index (κ1) is 10.1. The van der Waals surface area contributed by atoms with Crippen molar-refractivity contribution >= 4 is 5.70 Å². The van der Waals surface area contributed by atoms with Gasteiger partial charge in [-0.1, -0.05) is 44.2 Å². The summed E-state index contributed by atoms with van der Waals surface area (Å²) in [6.07, 6.45) is 0.111. The van der Waals surface area contributed by atoms with Crippen LogP contribution in [-0.4, -0.2) is 6.23 Å². The van der Waals surface area contributed by atoms with Gasteiger partial charge in [-0.15, -0.1) is 0 Å². The first-order valence-corrected chi connectivity index (χ1v) is 5.38. The number of benzene rings is 1. The predicted octanol–water partition coefficient (Wildman–Crippen LogP) is 2.98. The monoisotopic (exact) mass is 203 g/mol. The Labute approximate surface area is 91.0 Å². The number of hydrogen-bond donors (Lipinski definition) is 1. The second kappa shape index (κ2) is 3.97. The molecule has 0 radical (unpaired) electrons. The summed E-state index contributed by atoms with van der Waals surface area (Å²) in [4.78, 5) is 0. The minimum Gasteiger partial charge on any atom is -0.473 e. The van der Waals surface area contributed by atoms with Gasteiger partial charge in [0.15, 0.2) is 6.23 Å². The molecule has 2 nitrogen and oxygen atoms in total. The van der Waals surface area contributed by atoms with Crippen molar-refractivity contribution in [3.63, 3.8) is 0 Å². The zero-order valence-electron chi connectivity index (χ0n) is 9.45. The largest absolute Gasteiger partial charge is 0.473 e. The van der Waals surface area contributed by atoms with Crippen LogP contribution in [0.3, 0.4) is 0 Å². The first-order chi connectivity index (χ1) is 7.18. The zero-order valence-corrected chi connectivity index (χ0v) is 9.45. The van der Waals surface area contributed by atoms with E-state index in [0.717, 1.165) is 11.5 Å². The highest BCUT2D eigenvalue weighted by molar-refractivity contribution is 5.66. The lowest BCUT2D eigenvalue weighted by atomic mass is 10.1. The van der Waals surface area contributed by atoms with E-state index in [2.05, 4.69) is 31.3 Å². The number of nitrogens with one attached hydrogen (secondary N) is 1. The second-order valence-electron chi connectivity index (χ2n) is 4.22. The minimum absolute atomic E-state index is 0.111. The molecule has 2 rings (SSSR count). The molecule has 1 N–H and O–H groups in total. The maximum Gasteiger partial charge on any atom is 0.171 e. The summed E-state index contributed by atoms with van der Waals surface area (Å²) in [5, 5.41) is 3.41. The summed E-state index contributed by atoms with van der Waals surface area (Å²) in [5.41, 5.74) is 2.31. The molecule has 0 fully saturated rings. The van der Waals surface area contributed by atoms with E-state index in [1.807, 2.05) is 25.1 Å². The fraction of sp³-hybridized carbons (Fsp3) is 0.385. The van der Waals surface area contributed by atoms with Crippen LogP contribution in [0.15, 0.2) is 36.1 Å². The van der Waals surface area contributed by atoms with Gasteiger partial charge in [0.25, 0.3) is 0 Å². The molecule has 1 aromatic rings. The van der Waals surface area contributed by atoms with Gasteiger partial charge in [-0.05, 0) is 6.92 Å². The fourth-order valence-corrected chi connectivity index (χ4v) is 1.72. The van der Waals surface area contributed by atoms with Gasteiger partial charge in [-0.2, -0.15) is 0 Å². The molecule has 1 unspecified atom stereocenters. The van der Waals surface area contributed by atoms with Crippen molar-refractivity contribution < 1.29 is 4.74 Å². The average Bonchev–Trinajstić information content (AvgIpc) is 2.62. The number of hydrogen-bond acceptors (Lipinski definition) is 2. The second-order valence-corrected chi connectivity index (χ2v) is 4.22. The molecule has 1 aliphatic rings. The van der Waals surface area contributed by atoms with E-state index in [4.69, 9.17) is 4.74 Å². The van der Waals surface area contributed by atoms with Crippen molar-refractivity contribution in [2.75, 3.05) is 0 Å².